The highest BCUT2D eigenvalue weighted by molar-refractivity contribution is 5.66. The Balaban J connectivity index is 2.07. The lowest BCUT2D eigenvalue weighted by Crippen LogP contribution is -2.34. The molecule has 2 nitrogen and oxygen atoms in total. The zero-order valence-electron chi connectivity index (χ0n) is 7.50. The minimum Gasteiger partial charge on any atom is -0.393 e. The Morgan fingerprint density at radius 1 is 1.33 bits per heavy atom. The number of aliphatic hydroxyl groups excluding tert-OH is 1. The van der Waals surface area contributed by atoms with Gasteiger partial charge in [0.2, 0.25) is 0 Å². The van der Waals surface area contributed by atoms with Gasteiger partial charge in [-0.25, -0.2) is 0 Å². The van der Waals surface area contributed by atoms with Crippen LogP contribution in [0.2, 0.25) is 0 Å². The SMILES string of the molecule is OC1CCCC2(C=NCCC2)C1. The molecule has 1 spiro atoms. The average molecular weight is 167 g/mol. The highest BCUT2D eigenvalue weighted by Gasteiger charge is 2.34. The van der Waals surface area contributed by atoms with Gasteiger partial charge in [-0.1, -0.05) is 0 Å². The third kappa shape index (κ3) is 1.53. The van der Waals surface area contributed by atoms with Gasteiger partial charge in [0.25, 0.3) is 0 Å². The first kappa shape index (κ1) is 8.24. The lowest BCUT2D eigenvalue weighted by Gasteiger charge is -2.38. The Morgan fingerprint density at radius 3 is 2.83 bits per heavy atom. The maximum absolute atomic E-state index is 9.56. The summed E-state index contributed by atoms with van der Waals surface area (Å²) in [6.07, 6.45) is 8.88. The normalized spacial score (nSPS) is 41.9. The molecule has 1 aliphatic carbocycles. The van der Waals surface area contributed by atoms with Crippen LogP contribution in [0.5, 0.6) is 0 Å². The highest BCUT2D eigenvalue weighted by Crippen LogP contribution is 2.40. The number of aliphatic imine (C=N–C) groups is 1. The summed E-state index contributed by atoms with van der Waals surface area (Å²) < 4.78 is 0. The van der Waals surface area contributed by atoms with Gasteiger partial charge < -0.3 is 5.11 Å². The zero-order chi connectivity index (χ0) is 8.44. The van der Waals surface area contributed by atoms with Crippen LogP contribution >= 0.6 is 0 Å². The van der Waals surface area contributed by atoms with E-state index in [0.717, 1.165) is 19.4 Å². The smallest absolute Gasteiger partial charge is 0.0549 e. The number of rotatable bonds is 0. The maximum atomic E-state index is 9.56. The molecule has 2 rings (SSSR count). The minimum absolute atomic E-state index is 0.0664. The Hall–Kier alpha value is -0.370. The van der Waals surface area contributed by atoms with Gasteiger partial charge in [-0.2, -0.15) is 0 Å². The second-order valence-corrected chi connectivity index (χ2v) is 4.25. The molecule has 2 unspecified atom stereocenters. The summed E-state index contributed by atoms with van der Waals surface area (Å²) in [5.41, 5.74) is 0.288. The summed E-state index contributed by atoms with van der Waals surface area (Å²) in [5.74, 6) is 0. The van der Waals surface area contributed by atoms with E-state index in [1.807, 2.05) is 0 Å². The largest absolute Gasteiger partial charge is 0.393 e. The van der Waals surface area contributed by atoms with Crippen molar-refractivity contribution in [3.05, 3.63) is 0 Å². The van der Waals surface area contributed by atoms with Gasteiger partial charge in [0.05, 0.1) is 6.10 Å². The molecule has 1 N–H and O–H groups in total. The molecule has 1 fully saturated rings. The van der Waals surface area contributed by atoms with Crippen LogP contribution in [0.4, 0.5) is 0 Å². The predicted molar refractivity (Wildman–Crippen MR) is 49.5 cm³/mol. The third-order valence-corrected chi connectivity index (χ3v) is 3.18. The summed E-state index contributed by atoms with van der Waals surface area (Å²) in [6, 6.07) is 0. The molecule has 68 valence electrons. The second-order valence-electron chi connectivity index (χ2n) is 4.25. The Kier molecular flexibility index (Phi) is 2.18. The Labute approximate surface area is 73.7 Å². The van der Waals surface area contributed by atoms with Crippen molar-refractivity contribution >= 4 is 6.21 Å². The second kappa shape index (κ2) is 3.17. The summed E-state index contributed by atoms with van der Waals surface area (Å²) >= 11 is 0. The van der Waals surface area contributed by atoms with Gasteiger partial charge in [-0.15, -0.1) is 0 Å². The summed E-state index contributed by atoms with van der Waals surface area (Å²) in [6.45, 7) is 0.998. The quantitative estimate of drug-likeness (QED) is 0.586. The van der Waals surface area contributed by atoms with Crippen LogP contribution < -0.4 is 0 Å². The van der Waals surface area contributed by atoms with Crippen LogP contribution in [0.15, 0.2) is 4.99 Å². The van der Waals surface area contributed by atoms with E-state index in [9.17, 15) is 5.11 Å². The lowest BCUT2D eigenvalue weighted by molar-refractivity contribution is 0.0756. The van der Waals surface area contributed by atoms with Crippen LogP contribution in [0.1, 0.15) is 38.5 Å². The number of nitrogens with zero attached hydrogens (tertiary/aromatic N) is 1. The topological polar surface area (TPSA) is 32.6 Å². The molecule has 0 bridgehead atoms. The van der Waals surface area contributed by atoms with Crippen molar-refractivity contribution in [1.29, 1.82) is 0 Å². The van der Waals surface area contributed by atoms with E-state index in [0.29, 0.717) is 0 Å². The molecule has 0 saturated heterocycles. The van der Waals surface area contributed by atoms with E-state index in [-0.39, 0.29) is 11.5 Å². The number of aliphatic hydroxyl groups is 1. The van der Waals surface area contributed by atoms with Crippen molar-refractivity contribution in [1.82, 2.24) is 0 Å². The molecule has 0 radical (unpaired) electrons. The van der Waals surface area contributed by atoms with Crippen molar-refractivity contribution in [2.24, 2.45) is 10.4 Å². The van der Waals surface area contributed by atoms with Gasteiger partial charge in [0.15, 0.2) is 0 Å². The van der Waals surface area contributed by atoms with Crippen molar-refractivity contribution in [2.45, 2.75) is 44.6 Å². The first-order chi connectivity index (χ1) is 5.81. The summed E-state index contributed by atoms with van der Waals surface area (Å²) in [4.78, 5) is 4.35. The first-order valence-corrected chi connectivity index (χ1v) is 5.00. The standard InChI is InChI=1S/C10H17NO/c12-9-3-1-4-10(7-9)5-2-6-11-8-10/h8-9,12H,1-7H2. The van der Waals surface area contributed by atoms with Gasteiger partial charge in [0, 0.05) is 18.2 Å². The Bertz CT molecular complexity index is 190. The van der Waals surface area contributed by atoms with Crippen LogP contribution in [0, 0.1) is 5.41 Å². The monoisotopic (exact) mass is 167 g/mol. The van der Waals surface area contributed by atoms with E-state index in [2.05, 4.69) is 11.2 Å². The zero-order valence-corrected chi connectivity index (χ0v) is 7.50. The predicted octanol–water partition coefficient (Wildman–Crippen LogP) is 1.77. The minimum atomic E-state index is -0.0664. The van der Waals surface area contributed by atoms with Crippen molar-refractivity contribution in [3.8, 4) is 0 Å². The van der Waals surface area contributed by atoms with Crippen LogP contribution in [-0.4, -0.2) is 24.0 Å². The maximum Gasteiger partial charge on any atom is 0.0549 e. The number of hydrogen-bond donors (Lipinski definition) is 1. The molecule has 0 aromatic rings. The molecule has 2 aliphatic rings. The van der Waals surface area contributed by atoms with Crippen LogP contribution in [-0.2, 0) is 0 Å². The van der Waals surface area contributed by atoms with Crippen molar-refractivity contribution in [3.63, 3.8) is 0 Å². The third-order valence-electron chi connectivity index (χ3n) is 3.18. The first-order valence-electron chi connectivity index (χ1n) is 5.00. The fourth-order valence-corrected chi connectivity index (χ4v) is 2.55. The van der Waals surface area contributed by atoms with Crippen LogP contribution in [0.3, 0.4) is 0 Å². The molecule has 1 saturated carbocycles. The van der Waals surface area contributed by atoms with Crippen LogP contribution in [0.25, 0.3) is 0 Å². The summed E-state index contributed by atoms with van der Waals surface area (Å²) in [5, 5.41) is 9.56. The molecule has 2 heteroatoms. The van der Waals surface area contributed by atoms with E-state index >= 15 is 0 Å². The lowest BCUT2D eigenvalue weighted by atomic mass is 9.70. The molecule has 2 atom stereocenters. The molecule has 1 aliphatic heterocycles. The molecular weight excluding hydrogens is 150 g/mol. The van der Waals surface area contributed by atoms with E-state index < -0.39 is 0 Å². The van der Waals surface area contributed by atoms with E-state index in [4.69, 9.17) is 0 Å². The molecule has 1 heterocycles. The molecule has 0 amide bonds. The fraction of sp³-hybridized carbons (Fsp3) is 0.900. The van der Waals surface area contributed by atoms with Gasteiger partial charge in [-0.05, 0) is 38.5 Å². The number of hydrogen-bond acceptors (Lipinski definition) is 2. The molecule has 12 heavy (non-hydrogen) atoms. The van der Waals surface area contributed by atoms with Gasteiger partial charge >= 0.3 is 0 Å². The summed E-state index contributed by atoms with van der Waals surface area (Å²) in [7, 11) is 0. The fourth-order valence-electron chi connectivity index (χ4n) is 2.55. The highest BCUT2D eigenvalue weighted by atomic mass is 16.3. The Morgan fingerprint density at radius 2 is 2.17 bits per heavy atom. The van der Waals surface area contributed by atoms with Crippen molar-refractivity contribution in [2.75, 3.05) is 6.54 Å². The van der Waals surface area contributed by atoms with Gasteiger partial charge in [-0.3, -0.25) is 4.99 Å². The van der Waals surface area contributed by atoms with Gasteiger partial charge in [0.1, 0.15) is 0 Å². The molecule has 0 aromatic heterocycles. The van der Waals surface area contributed by atoms with E-state index in [1.165, 1.54) is 25.7 Å². The molecular formula is C10H17NO. The average Bonchev–Trinajstić information content (AvgIpc) is 2.05. The van der Waals surface area contributed by atoms with Crippen molar-refractivity contribution < 1.29 is 5.11 Å². The van der Waals surface area contributed by atoms with E-state index in [1.54, 1.807) is 0 Å². The molecule has 0 aromatic carbocycles.